The van der Waals surface area contributed by atoms with E-state index < -0.39 is 0 Å². The van der Waals surface area contributed by atoms with E-state index >= 15 is 0 Å². The van der Waals surface area contributed by atoms with Crippen LogP contribution in [0.5, 0.6) is 5.75 Å². The van der Waals surface area contributed by atoms with Crippen LogP contribution in [-0.2, 0) is 4.74 Å². The number of carbonyl (C=O) groups excluding carboxylic acids is 1. The summed E-state index contributed by atoms with van der Waals surface area (Å²) in [5, 5.41) is 2.94. The van der Waals surface area contributed by atoms with Gasteiger partial charge < -0.3 is 14.8 Å². The summed E-state index contributed by atoms with van der Waals surface area (Å²) in [6.07, 6.45) is 2.03. The largest absolute Gasteiger partial charge is 0.489 e. The molecule has 1 fully saturated rings. The van der Waals surface area contributed by atoms with Gasteiger partial charge in [0.25, 0.3) is 5.91 Å². The van der Waals surface area contributed by atoms with Gasteiger partial charge in [-0.1, -0.05) is 12.6 Å². The molecule has 1 N–H and O–H groups in total. The number of carbonyl (C=O) groups is 1. The zero-order valence-electron chi connectivity index (χ0n) is 12.8. The molecule has 1 atom stereocenters. The molecule has 2 rings (SSSR count). The van der Waals surface area contributed by atoms with Crippen molar-refractivity contribution < 1.29 is 14.3 Å². The lowest BCUT2D eigenvalue weighted by Crippen LogP contribution is -2.40. The van der Waals surface area contributed by atoms with Gasteiger partial charge in [-0.05, 0) is 50.5 Å². The van der Waals surface area contributed by atoms with Crippen LogP contribution in [0.25, 0.3) is 0 Å². The maximum Gasteiger partial charge on any atom is 0.251 e. The first-order valence-electron chi connectivity index (χ1n) is 7.28. The molecule has 1 aromatic rings. The zero-order valence-corrected chi connectivity index (χ0v) is 12.8. The predicted octanol–water partition coefficient (Wildman–Crippen LogP) is 2.94. The predicted molar refractivity (Wildman–Crippen MR) is 82.7 cm³/mol. The minimum Gasteiger partial charge on any atom is -0.489 e. The van der Waals surface area contributed by atoms with Crippen molar-refractivity contribution in [2.75, 3.05) is 19.8 Å². The maximum atomic E-state index is 12.2. The molecule has 4 heteroatoms. The van der Waals surface area contributed by atoms with Crippen LogP contribution in [0.15, 0.2) is 36.4 Å². The second-order valence-corrected chi connectivity index (χ2v) is 5.86. The molecule has 0 spiro atoms. The molecule has 1 unspecified atom stereocenters. The Balaban J connectivity index is 1.92. The molecule has 21 heavy (non-hydrogen) atoms. The Morgan fingerprint density at radius 2 is 2.33 bits per heavy atom. The van der Waals surface area contributed by atoms with Crippen molar-refractivity contribution in [3.63, 3.8) is 0 Å². The van der Waals surface area contributed by atoms with E-state index in [4.69, 9.17) is 9.47 Å². The first-order valence-corrected chi connectivity index (χ1v) is 7.28. The molecule has 0 radical (unpaired) electrons. The Bertz CT molecular complexity index is 519. The standard InChI is InChI=1S/C17H23NO3/c1-13(2)11-20-15-7-4-6-14(10-15)16(19)18-12-17(3)8-5-9-21-17/h4,6-7,10H,1,5,8-9,11-12H2,2-3H3,(H,18,19). The first kappa shape index (κ1) is 15.6. The van der Waals surface area contributed by atoms with E-state index in [9.17, 15) is 4.79 Å². The second kappa shape index (κ2) is 6.76. The number of amides is 1. The van der Waals surface area contributed by atoms with Crippen LogP contribution in [0.2, 0.25) is 0 Å². The van der Waals surface area contributed by atoms with E-state index in [1.54, 1.807) is 12.1 Å². The Labute approximate surface area is 126 Å². The van der Waals surface area contributed by atoms with E-state index in [0.717, 1.165) is 25.0 Å². The molecule has 1 aliphatic heterocycles. The number of nitrogens with one attached hydrogen (secondary N) is 1. The topological polar surface area (TPSA) is 47.6 Å². The number of ether oxygens (including phenoxy) is 2. The normalized spacial score (nSPS) is 21.0. The van der Waals surface area contributed by atoms with Gasteiger partial charge in [0.2, 0.25) is 0 Å². The molecule has 1 heterocycles. The molecular formula is C17H23NO3. The molecule has 0 aliphatic carbocycles. The van der Waals surface area contributed by atoms with Gasteiger partial charge in [-0.15, -0.1) is 0 Å². The number of hydrogen-bond acceptors (Lipinski definition) is 3. The molecule has 1 saturated heterocycles. The Morgan fingerprint density at radius 3 is 3.00 bits per heavy atom. The van der Waals surface area contributed by atoms with Crippen molar-refractivity contribution in [1.29, 1.82) is 0 Å². The van der Waals surface area contributed by atoms with Crippen molar-refractivity contribution in [2.24, 2.45) is 0 Å². The van der Waals surface area contributed by atoms with E-state index in [1.165, 1.54) is 0 Å². The summed E-state index contributed by atoms with van der Waals surface area (Å²) < 4.78 is 11.2. The third-order valence-corrected chi connectivity index (χ3v) is 3.50. The van der Waals surface area contributed by atoms with Gasteiger partial charge in [0.05, 0.1) is 5.60 Å². The lowest BCUT2D eigenvalue weighted by Gasteiger charge is -2.23. The summed E-state index contributed by atoms with van der Waals surface area (Å²) in [7, 11) is 0. The second-order valence-electron chi connectivity index (χ2n) is 5.86. The monoisotopic (exact) mass is 289 g/mol. The summed E-state index contributed by atoms with van der Waals surface area (Å²) in [4.78, 5) is 12.2. The van der Waals surface area contributed by atoms with Gasteiger partial charge in [0, 0.05) is 18.7 Å². The SMILES string of the molecule is C=C(C)COc1cccc(C(=O)NCC2(C)CCCO2)c1. The van der Waals surface area contributed by atoms with Gasteiger partial charge in [0.1, 0.15) is 12.4 Å². The van der Waals surface area contributed by atoms with E-state index in [-0.39, 0.29) is 11.5 Å². The van der Waals surface area contributed by atoms with Crippen molar-refractivity contribution in [3.05, 3.63) is 42.0 Å². The Kier molecular flexibility index (Phi) is 5.02. The number of rotatable bonds is 6. The van der Waals surface area contributed by atoms with Crippen molar-refractivity contribution >= 4 is 5.91 Å². The molecule has 4 nitrogen and oxygen atoms in total. The van der Waals surface area contributed by atoms with E-state index in [0.29, 0.717) is 24.5 Å². The summed E-state index contributed by atoms with van der Waals surface area (Å²) in [6.45, 7) is 9.49. The van der Waals surface area contributed by atoms with Gasteiger partial charge >= 0.3 is 0 Å². The molecule has 1 aliphatic rings. The van der Waals surface area contributed by atoms with E-state index in [2.05, 4.69) is 11.9 Å². The summed E-state index contributed by atoms with van der Waals surface area (Å²) in [6, 6.07) is 7.18. The van der Waals surface area contributed by atoms with Gasteiger partial charge in [0.15, 0.2) is 0 Å². The molecule has 0 saturated carbocycles. The van der Waals surface area contributed by atoms with Crippen LogP contribution in [0.1, 0.15) is 37.0 Å². The summed E-state index contributed by atoms with van der Waals surface area (Å²) in [5.41, 5.74) is 1.30. The molecule has 114 valence electrons. The highest BCUT2D eigenvalue weighted by molar-refractivity contribution is 5.94. The maximum absolute atomic E-state index is 12.2. The smallest absolute Gasteiger partial charge is 0.251 e. The average molecular weight is 289 g/mol. The Hall–Kier alpha value is -1.81. The highest BCUT2D eigenvalue weighted by Crippen LogP contribution is 2.24. The summed E-state index contributed by atoms with van der Waals surface area (Å²) >= 11 is 0. The molecule has 0 bridgehead atoms. The minimum atomic E-state index is -0.232. The fourth-order valence-corrected chi connectivity index (χ4v) is 2.28. The highest BCUT2D eigenvalue weighted by atomic mass is 16.5. The van der Waals surface area contributed by atoms with Gasteiger partial charge in [-0.25, -0.2) is 0 Å². The lowest BCUT2D eigenvalue weighted by molar-refractivity contribution is 0.0206. The minimum absolute atomic E-state index is 0.104. The first-order chi connectivity index (χ1) is 9.98. The van der Waals surface area contributed by atoms with Gasteiger partial charge in [-0.2, -0.15) is 0 Å². The van der Waals surface area contributed by atoms with Crippen LogP contribution in [0, 0.1) is 0 Å². The van der Waals surface area contributed by atoms with Crippen molar-refractivity contribution in [1.82, 2.24) is 5.32 Å². The molecule has 1 aromatic carbocycles. The van der Waals surface area contributed by atoms with Crippen molar-refractivity contribution in [2.45, 2.75) is 32.3 Å². The van der Waals surface area contributed by atoms with E-state index in [1.807, 2.05) is 26.0 Å². The quantitative estimate of drug-likeness (QED) is 0.819. The van der Waals surface area contributed by atoms with Crippen molar-refractivity contribution in [3.8, 4) is 5.75 Å². The number of hydrogen-bond donors (Lipinski definition) is 1. The van der Waals surface area contributed by atoms with Crippen LogP contribution in [0.3, 0.4) is 0 Å². The third-order valence-electron chi connectivity index (χ3n) is 3.50. The molecule has 0 aromatic heterocycles. The highest BCUT2D eigenvalue weighted by Gasteiger charge is 2.30. The van der Waals surface area contributed by atoms with Crippen LogP contribution < -0.4 is 10.1 Å². The average Bonchev–Trinajstić information content (AvgIpc) is 2.90. The third kappa shape index (κ3) is 4.60. The number of benzene rings is 1. The zero-order chi connectivity index (χ0) is 15.3. The fraction of sp³-hybridized carbons (Fsp3) is 0.471. The molecular weight excluding hydrogens is 266 g/mol. The van der Waals surface area contributed by atoms with Gasteiger partial charge in [-0.3, -0.25) is 4.79 Å². The summed E-state index contributed by atoms with van der Waals surface area (Å²) in [5.74, 6) is 0.571. The lowest BCUT2D eigenvalue weighted by atomic mass is 10.0. The Morgan fingerprint density at radius 1 is 1.52 bits per heavy atom. The van der Waals surface area contributed by atoms with Crippen LogP contribution in [0.4, 0.5) is 0 Å². The fourth-order valence-electron chi connectivity index (χ4n) is 2.28. The van der Waals surface area contributed by atoms with Crippen LogP contribution >= 0.6 is 0 Å². The molecule has 1 amide bonds. The van der Waals surface area contributed by atoms with Crippen LogP contribution in [-0.4, -0.2) is 31.3 Å².